The van der Waals surface area contributed by atoms with Crippen LogP contribution in [0.15, 0.2) is 71.1 Å². The van der Waals surface area contributed by atoms with Gasteiger partial charge < -0.3 is 10.2 Å². The number of aromatic nitrogens is 1. The van der Waals surface area contributed by atoms with Gasteiger partial charge in [-0.15, -0.1) is 0 Å². The van der Waals surface area contributed by atoms with Gasteiger partial charge in [0, 0.05) is 11.3 Å². The number of hydrogen-bond donors (Lipinski definition) is 1. The van der Waals surface area contributed by atoms with Crippen LogP contribution in [0, 0.1) is 6.92 Å². The SMILES string of the molecule is Cc1cc(N)cc2nc(-c3ccc(-c4ccccc4)cc3)oc12. The van der Waals surface area contributed by atoms with Crippen molar-refractivity contribution < 1.29 is 4.42 Å². The largest absolute Gasteiger partial charge is 0.436 e. The Labute approximate surface area is 134 Å². The van der Waals surface area contributed by atoms with Crippen LogP contribution < -0.4 is 5.73 Å². The Morgan fingerprint density at radius 3 is 2.22 bits per heavy atom. The molecule has 0 aliphatic heterocycles. The van der Waals surface area contributed by atoms with Gasteiger partial charge in [-0.2, -0.15) is 0 Å². The first-order valence-electron chi connectivity index (χ1n) is 7.53. The normalized spacial score (nSPS) is 11.0. The zero-order chi connectivity index (χ0) is 15.8. The van der Waals surface area contributed by atoms with Crippen LogP contribution in [-0.4, -0.2) is 4.98 Å². The van der Waals surface area contributed by atoms with Crippen molar-refractivity contribution >= 4 is 16.8 Å². The summed E-state index contributed by atoms with van der Waals surface area (Å²) in [5.41, 5.74) is 12.5. The quantitative estimate of drug-likeness (QED) is 0.527. The fourth-order valence-corrected chi connectivity index (χ4v) is 2.79. The highest BCUT2D eigenvalue weighted by Gasteiger charge is 2.11. The Hall–Kier alpha value is -3.07. The number of aryl methyl sites for hydroxylation is 1. The van der Waals surface area contributed by atoms with E-state index >= 15 is 0 Å². The molecule has 112 valence electrons. The highest BCUT2D eigenvalue weighted by Crippen LogP contribution is 2.29. The Kier molecular flexibility index (Phi) is 3.12. The molecule has 0 aliphatic rings. The Morgan fingerprint density at radius 1 is 0.826 bits per heavy atom. The maximum Gasteiger partial charge on any atom is 0.227 e. The average molecular weight is 300 g/mol. The van der Waals surface area contributed by atoms with E-state index in [0.29, 0.717) is 11.6 Å². The molecule has 4 rings (SSSR count). The maximum atomic E-state index is 5.92. The fraction of sp³-hybridized carbons (Fsp3) is 0.0500. The van der Waals surface area contributed by atoms with Crippen molar-refractivity contribution in [2.75, 3.05) is 5.73 Å². The summed E-state index contributed by atoms with van der Waals surface area (Å²) in [5, 5.41) is 0. The van der Waals surface area contributed by atoms with Crippen molar-refractivity contribution in [3.63, 3.8) is 0 Å². The van der Waals surface area contributed by atoms with Crippen molar-refractivity contribution in [2.24, 2.45) is 0 Å². The van der Waals surface area contributed by atoms with Crippen molar-refractivity contribution in [1.82, 2.24) is 4.98 Å². The van der Waals surface area contributed by atoms with Crippen LogP contribution in [0.4, 0.5) is 5.69 Å². The second-order valence-electron chi connectivity index (χ2n) is 5.65. The molecule has 0 fully saturated rings. The third-order valence-corrected chi connectivity index (χ3v) is 3.94. The molecule has 0 bridgehead atoms. The number of nitrogens with two attached hydrogens (primary N) is 1. The standard InChI is InChI=1S/C20H16N2O/c1-13-11-17(21)12-18-19(13)23-20(22-18)16-9-7-15(8-10-16)14-5-3-2-4-6-14/h2-12H,21H2,1H3. The summed E-state index contributed by atoms with van der Waals surface area (Å²) >= 11 is 0. The van der Waals surface area contributed by atoms with Gasteiger partial charge in [0.1, 0.15) is 5.52 Å². The molecule has 1 aromatic heterocycles. The molecule has 0 unspecified atom stereocenters. The third-order valence-electron chi connectivity index (χ3n) is 3.94. The van der Waals surface area contributed by atoms with Crippen LogP contribution in [0.25, 0.3) is 33.7 Å². The minimum absolute atomic E-state index is 0.619. The van der Waals surface area contributed by atoms with E-state index in [1.54, 1.807) is 0 Å². The molecule has 1 heterocycles. The van der Waals surface area contributed by atoms with Crippen LogP contribution >= 0.6 is 0 Å². The second-order valence-corrected chi connectivity index (χ2v) is 5.65. The van der Waals surface area contributed by atoms with Crippen molar-refractivity contribution in [3.8, 4) is 22.6 Å². The van der Waals surface area contributed by atoms with E-state index < -0.39 is 0 Å². The first-order chi connectivity index (χ1) is 11.2. The lowest BCUT2D eigenvalue weighted by molar-refractivity contribution is 0.617. The van der Waals surface area contributed by atoms with Crippen LogP contribution in [0.3, 0.4) is 0 Å². The topological polar surface area (TPSA) is 52.0 Å². The van der Waals surface area contributed by atoms with Gasteiger partial charge in [-0.3, -0.25) is 0 Å². The Balaban J connectivity index is 1.75. The molecular formula is C20H16N2O. The third kappa shape index (κ3) is 2.46. The minimum atomic E-state index is 0.619. The number of anilines is 1. The summed E-state index contributed by atoms with van der Waals surface area (Å²) in [4.78, 5) is 4.56. The number of nitrogens with zero attached hydrogens (tertiary/aromatic N) is 1. The van der Waals surface area contributed by atoms with Gasteiger partial charge in [-0.25, -0.2) is 4.98 Å². The van der Waals surface area contributed by atoms with Gasteiger partial charge >= 0.3 is 0 Å². The van der Waals surface area contributed by atoms with E-state index in [0.717, 1.165) is 22.2 Å². The lowest BCUT2D eigenvalue weighted by atomic mass is 10.0. The highest BCUT2D eigenvalue weighted by atomic mass is 16.3. The number of fused-ring (bicyclic) bond motifs is 1. The Bertz CT molecular complexity index is 970. The van der Waals surface area contributed by atoms with E-state index in [2.05, 4.69) is 29.2 Å². The molecule has 0 saturated heterocycles. The molecular weight excluding hydrogens is 284 g/mol. The predicted molar refractivity (Wildman–Crippen MR) is 94.0 cm³/mol. The second kappa shape index (κ2) is 5.29. The zero-order valence-electron chi connectivity index (χ0n) is 12.8. The number of rotatable bonds is 2. The number of nitrogen functional groups attached to an aromatic ring is 1. The highest BCUT2D eigenvalue weighted by molar-refractivity contribution is 5.82. The molecule has 0 aliphatic carbocycles. The first kappa shape index (κ1) is 13.6. The average Bonchev–Trinajstić information content (AvgIpc) is 3.00. The molecule has 23 heavy (non-hydrogen) atoms. The molecule has 0 atom stereocenters. The van der Waals surface area contributed by atoms with E-state index in [-0.39, 0.29) is 0 Å². The zero-order valence-corrected chi connectivity index (χ0v) is 12.8. The Morgan fingerprint density at radius 2 is 1.48 bits per heavy atom. The number of hydrogen-bond acceptors (Lipinski definition) is 3. The summed E-state index contributed by atoms with van der Waals surface area (Å²) in [6.45, 7) is 1.98. The summed E-state index contributed by atoms with van der Waals surface area (Å²) in [6.07, 6.45) is 0. The molecule has 3 aromatic carbocycles. The van der Waals surface area contributed by atoms with Gasteiger partial charge in [-0.05, 0) is 47.9 Å². The van der Waals surface area contributed by atoms with Crippen molar-refractivity contribution in [2.45, 2.75) is 6.92 Å². The van der Waals surface area contributed by atoms with Gasteiger partial charge in [0.2, 0.25) is 5.89 Å². The monoisotopic (exact) mass is 300 g/mol. The molecule has 0 saturated carbocycles. The molecule has 0 amide bonds. The molecule has 3 heteroatoms. The van der Waals surface area contributed by atoms with E-state index in [9.17, 15) is 0 Å². The number of benzene rings is 3. The molecule has 4 aromatic rings. The fourth-order valence-electron chi connectivity index (χ4n) is 2.79. The van der Waals surface area contributed by atoms with Crippen molar-refractivity contribution in [3.05, 3.63) is 72.3 Å². The first-order valence-corrected chi connectivity index (χ1v) is 7.53. The molecule has 0 radical (unpaired) electrons. The van der Waals surface area contributed by atoms with E-state index in [1.165, 1.54) is 11.1 Å². The van der Waals surface area contributed by atoms with E-state index in [4.69, 9.17) is 10.2 Å². The summed E-state index contributed by atoms with van der Waals surface area (Å²) in [7, 11) is 0. The molecule has 0 spiro atoms. The minimum Gasteiger partial charge on any atom is -0.436 e. The number of oxazole rings is 1. The summed E-state index contributed by atoms with van der Waals surface area (Å²) < 4.78 is 5.92. The smallest absolute Gasteiger partial charge is 0.227 e. The predicted octanol–water partition coefficient (Wildman–Crippen LogP) is 5.05. The maximum absolute atomic E-state index is 5.92. The molecule has 2 N–H and O–H groups in total. The van der Waals surface area contributed by atoms with Crippen LogP contribution in [0.2, 0.25) is 0 Å². The lowest BCUT2D eigenvalue weighted by Gasteiger charge is -2.02. The summed E-state index contributed by atoms with van der Waals surface area (Å²) in [5.74, 6) is 0.619. The van der Waals surface area contributed by atoms with Crippen LogP contribution in [0.5, 0.6) is 0 Å². The van der Waals surface area contributed by atoms with Gasteiger partial charge in [0.05, 0.1) is 0 Å². The van der Waals surface area contributed by atoms with Crippen molar-refractivity contribution in [1.29, 1.82) is 0 Å². The van der Waals surface area contributed by atoms with E-state index in [1.807, 2.05) is 49.4 Å². The van der Waals surface area contributed by atoms with Gasteiger partial charge in [0.15, 0.2) is 5.58 Å². The van der Waals surface area contributed by atoms with Gasteiger partial charge in [-0.1, -0.05) is 42.5 Å². The lowest BCUT2D eigenvalue weighted by Crippen LogP contribution is -1.85. The van der Waals surface area contributed by atoms with Crippen LogP contribution in [-0.2, 0) is 0 Å². The van der Waals surface area contributed by atoms with Gasteiger partial charge in [0.25, 0.3) is 0 Å². The van der Waals surface area contributed by atoms with Crippen LogP contribution in [0.1, 0.15) is 5.56 Å². The summed E-state index contributed by atoms with van der Waals surface area (Å²) in [6, 6.07) is 22.3. The molecule has 3 nitrogen and oxygen atoms in total.